The molecule has 0 aromatic carbocycles. The molecule has 1 unspecified atom stereocenters. The summed E-state index contributed by atoms with van der Waals surface area (Å²) in [6.45, 7) is 3.99. The molecular formula is C11H18N2O2. The molecule has 0 spiro atoms. The van der Waals surface area contributed by atoms with E-state index in [-0.39, 0.29) is 18.0 Å². The molecule has 2 amide bonds. The number of amides is 2. The van der Waals surface area contributed by atoms with Crippen LogP contribution in [0.4, 0.5) is 0 Å². The number of hydrogen-bond donors (Lipinski definition) is 0. The standard InChI is InChI=1S/C11H18N2O2/c1-9(12-7-3-2-4-8-12)13-10(14)5-6-11(13)15/h9H,2-8H2,1H3. The summed E-state index contributed by atoms with van der Waals surface area (Å²) in [6, 6.07) is 0. The van der Waals surface area contributed by atoms with Gasteiger partial charge in [0.1, 0.15) is 0 Å². The third-order valence-corrected chi connectivity index (χ3v) is 3.38. The minimum absolute atomic E-state index is 0.00178. The van der Waals surface area contributed by atoms with Crippen molar-refractivity contribution in [1.82, 2.24) is 9.80 Å². The van der Waals surface area contributed by atoms with E-state index in [1.54, 1.807) is 0 Å². The molecule has 84 valence electrons. The first-order chi connectivity index (χ1) is 7.20. The Hall–Kier alpha value is -0.900. The van der Waals surface area contributed by atoms with Crippen molar-refractivity contribution in [3.8, 4) is 0 Å². The average Bonchev–Trinajstić information content (AvgIpc) is 2.59. The zero-order chi connectivity index (χ0) is 10.8. The highest BCUT2D eigenvalue weighted by Crippen LogP contribution is 2.20. The molecule has 0 bridgehead atoms. The van der Waals surface area contributed by atoms with Crippen molar-refractivity contribution in [2.45, 2.75) is 45.2 Å². The summed E-state index contributed by atoms with van der Waals surface area (Å²) in [6.07, 6.45) is 4.40. The van der Waals surface area contributed by atoms with Crippen LogP contribution in [0, 0.1) is 0 Å². The fourth-order valence-electron chi connectivity index (χ4n) is 2.47. The van der Waals surface area contributed by atoms with E-state index in [0.29, 0.717) is 12.8 Å². The Bertz CT molecular complexity index is 256. The van der Waals surface area contributed by atoms with Crippen LogP contribution in [0.1, 0.15) is 39.0 Å². The van der Waals surface area contributed by atoms with Gasteiger partial charge in [-0.3, -0.25) is 19.4 Å². The van der Waals surface area contributed by atoms with Gasteiger partial charge in [-0.2, -0.15) is 0 Å². The Labute approximate surface area is 90.2 Å². The molecule has 0 radical (unpaired) electrons. The molecule has 0 aliphatic carbocycles. The molecule has 0 N–H and O–H groups in total. The molecule has 2 saturated heterocycles. The maximum Gasteiger partial charge on any atom is 0.231 e. The highest BCUT2D eigenvalue weighted by Gasteiger charge is 2.35. The van der Waals surface area contributed by atoms with Crippen LogP contribution in [-0.4, -0.2) is 40.9 Å². The van der Waals surface area contributed by atoms with Gasteiger partial charge in [0.05, 0.1) is 6.17 Å². The van der Waals surface area contributed by atoms with Gasteiger partial charge >= 0.3 is 0 Å². The molecule has 2 heterocycles. The third kappa shape index (κ3) is 2.04. The molecule has 2 aliphatic heterocycles. The number of carbonyl (C=O) groups is 2. The summed E-state index contributed by atoms with van der Waals surface area (Å²) in [5, 5.41) is 0. The molecule has 4 heteroatoms. The van der Waals surface area contributed by atoms with Crippen molar-refractivity contribution in [3.05, 3.63) is 0 Å². The van der Waals surface area contributed by atoms with E-state index in [0.717, 1.165) is 13.1 Å². The van der Waals surface area contributed by atoms with Crippen molar-refractivity contribution in [2.75, 3.05) is 13.1 Å². The topological polar surface area (TPSA) is 40.6 Å². The second-order valence-corrected chi connectivity index (χ2v) is 4.39. The summed E-state index contributed by atoms with van der Waals surface area (Å²) in [4.78, 5) is 26.8. The van der Waals surface area contributed by atoms with E-state index in [1.165, 1.54) is 24.2 Å². The lowest BCUT2D eigenvalue weighted by molar-refractivity contribution is -0.145. The fraction of sp³-hybridized carbons (Fsp3) is 0.818. The number of rotatable bonds is 2. The molecule has 4 nitrogen and oxygen atoms in total. The lowest BCUT2D eigenvalue weighted by Crippen LogP contribution is -2.50. The maximum atomic E-state index is 11.5. The summed E-state index contributed by atoms with van der Waals surface area (Å²) in [5.74, 6) is -0.00357. The SMILES string of the molecule is CC(N1CCCCC1)N1C(=O)CCC1=O. The van der Waals surface area contributed by atoms with E-state index in [4.69, 9.17) is 0 Å². The van der Waals surface area contributed by atoms with Crippen molar-refractivity contribution < 1.29 is 9.59 Å². The van der Waals surface area contributed by atoms with Gasteiger partial charge in [-0.25, -0.2) is 0 Å². The van der Waals surface area contributed by atoms with Crippen LogP contribution in [0.2, 0.25) is 0 Å². The highest BCUT2D eigenvalue weighted by atomic mass is 16.2. The van der Waals surface area contributed by atoms with Crippen LogP contribution in [-0.2, 0) is 9.59 Å². The summed E-state index contributed by atoms with van der Waals surface area (Å²) < 4.78 is 0. The van der Waals surface area contributed by atoms with Gasteiger partial charge in [0.2, 0.25) is 11.8 Å². The second kappa shape index (κ2) is 4.31. The molecule has 0 aromatic heterocycles. The maximum absolute atomic E-state index is 11.5. The number of piperidine rings is 1. The lowest BCUT2D eigenvalue weighted by Gasteiger charge is -2.36. The van der Waals surface area contributed by atoms with E-state index in [9.17, 15) is 9.59 Å². The molecular weight excluding hydrogens is 192 g/mol. The van der Waals surface area contributed by atoms with Gasteiger partial charge in [0.25, 0.3) is 0 Å². The Balaban J connectivity index is 2.02. The number of hydrogen-bond acceptors (Lipinski definition) is 3. The summed E-state index contributed by atoms with van der Waals surface area (Å²) >= 11 is 0. The van der Waals surface area contributed by atoms with E-state index < -0.39 is 0 Å². The molecule has 2 aliphatic rings. The van der Waals surface area contributed by atoms with Gasteiger partial charge in [0.15, 0.2) is 0 Å². The monoisotopic (exact) mass is 210 g/mol. The third-order valence-electron chi connectivity index (χ3n) is 3.38. The van der Waals surface area contributed by atoms with Crippen LogP contribution in [0.5, 0.6) is 0 Å². The Kier molecular flexibility index (Phi) is 3.05. The van der Waals surface area contributed by atoms with Crippen molar-refractivity contribution >= 4 is 11.8 Å². The minimum Gasteiger partial charge on any atom is -0.283 e. The minimum atomic E-state index is -0.0344. The number of nitrogens with zero attached hydrogens (tertiary/aromatic N) is 2. The number of carbonyl (C=O) groups excluding carboxylic acids is 2. The average molecular weight is 210 g/mol. The lowest BCUT2D eigenvalue weighted by atomic mass is 10.1. The predicted molar refractivity (Wildman–Crippen MR) is 56.0 cm³/mol. The van der Waals surface area contributed by atoms with E-state index >= 15 is 0 Å². The zero-order valence-corrected chi connectivity index (χ0v) is 9.24. The quantitative estimate of drug-likeness (QED) is 0.638. The molecule has 0 aromatic rings. The number of imide groups is 1. The van der Waals surface area contributed by atoms with E-state index in [2.05, 4.69) is 4.90 Å². The first kappa shape index (κ1) is 10.6. The Morgan fingerprint density at radius 2 is 1.53 bits per heavy atom. The molecule has 0 saturated carbocycles. The van der Waals surface area contributed by atoms with Crippen LogP contribution in [0.25, 0.3) is 0 Å². The molecule has 1 atom stereocenters. The van der Waals surface area contributed by atoms with Crippen LogP contribution < -0.4 is 0 Å². The molecule has 2 fully saturated rings. The Morgan fingerprint density at radius 3 is 2.07 bits per heavy atom. The van der Waals surface area contributed by atoms with Gasteiger partial charge in [0, 0.05) is 25.9 Å². The van der Waals surface area contributed by atoms with Crippen LogP contribution in [0.15, 0.2) is 0 Å². The van der Waals surface area contributed by atoms with Crippen LogP contribution >= 0.6 is 0 Å². The second-order valence-electron chi connectivity index (χ2n) is 4.39. The van der Waals surface area contributed by atoms with Crippen molar-refractivity contribution in [2.24, 2.45) is 0 Å². The van der Waals surface area contributed by atoms with Crippen LogP contribution in [0.3, 0.4) is 0 Å². The normalized spacial score (nSPS) is 26.1. The molecule has 15 heavy (non-hydrogen) atoms. The first-order valence-electron chi connectivity index (χ1n) is 5.79. The zero-order valence-electron chi connectivity index (χ0n) is 9.24. The molecule has 2 rings (SSSR count). The first-order valence-corrected chi connectivity index (χ1v) is 5.79. The number of likely N-dealkylation sites (tertiary alicyclic amines) is 2. The van der Waals surface area contributed by atoms with Gasteiger partial charge < -0.3 is 0 Å². The van der Waals surface area contributed by atoms with Gasteiger partial charge in [-0.15, -0.1) is 0 Å². The largest absolute Gasteiger partial charge is 0.283 e. The van der Waals surface area contributed by atoms with Crippen molar-refractivity contribution in [3.63, 3.8) is 0 Å². The smallest absolute Gasteiger partial charge is 0.231 e. The summed E-state index contributed by atoms with van der Waals surface area (Å²) in [5.41, 5.74) is 0. The fourth-order valence-corrected chi connectivity index (χ4v) is 2.47. The Morgan fingerprint density at radius 1 is 1.00 bits per heavy atom. The van der Waals surface area contributed by atoms with E-state index in [1.807, 2.05) is 6.92 Å². The predicted octanol–water partition coefficient (Wildman–Crippen LogP) is 0.967. The van der Waals surface area contributed by atoms with Gasteiger partial charge in [-0.1, -0.05) is 6.42 Å². The highest BCUT2D eigenvalue weighted by molar-refractivity contribution is 6.02. The summed E-state index contributed by atoms with van der Waals surface area (Å²) in [7, 11) is 0. The van der Waals surface area contributed by atoms with Gasteiger partial charge in [-0.05, 0) is 19.8 Å². The van der Waals surface area contributed by atoms with Crippen molar-refractivity contribution in [1.29, 1.82) is 0 Å².